The number of methoxy groups -OCH3 is 1. The van der Waals surface area contributed by atoms with Gasteiger partial charge in [-0.2, -0.15) is 0 Å². The highest BCUT2D eigenvalue weighted by Crippen LogP contribution is 2.25. The average Bonchev–Trinajstić information content (AvgIpc) is 2.89. The second kappa shape index (κ2) is 6.92. The van der Waals surface area contributed by atoms with Crippen LogP contribution in [0.2, 0.25) is 5.02 Å². The molecule has 0 atom stereocenters. The van der Waals surface area contributed by atoms with Gasteiger partial charge >= 0.3 is 0 Å². The average molecular weight is 358 g/mol. The van der Waals surface area contributed by atoms with Gasteiger partial charge < -0.3 is 14.6 Å². The summed E-state index contributed by atoms with van der Waals surface area (Å²) in [5.41, 5.74) is 1.28. The van der Waals surface area contributed by atoms with Gasteiger partial charge in [0.1, 0.15) is 5.69 Å². The number of amides is 1. The Bertz CT molecular complexity index is 613. The number of hydrogen-bond acceptors (Lipinski definition) is 2. The minimum atomic E-state index is -0.166. The van der Waals surface area contributed by atoms with E-state index in [-0.39, 0.29) is 5.91 Å². The predicted octanol–water partition coefficient (Wildman–Crippen LogP) is 3.80. The van der Waals surface area contributed by atoms with Crippen LogP contribution in [-0.2, 0) is 11.3 Å². The van der Waals surface area contributed by atoms with Crippen molar-refractivity contribution in [2.45, 2.75) is 6.54 Å². The van der Waals surface area contributed by atoms with E-state index in [0.717, 1.165) is 4.47 Å². The standard InChI is InChI=1S/C14H14BrClN2O2/c1-20-8-7-18-6-2-3-13(18)14(19)17-10-4-5-12(16)11(15)9-10/h2-6,9H,7-8H2,1H3,(H,17,19). The summed E-state index contributed by atoms with van der Waals surface area (Å²) < 4.78 is 7.62. The van der Waals surface area contributed by atoms with Gasteiger partial charge in [-0.05, 0) is 46.3 Å². The second-order valence-electron chi connectivity index (χ2n) is 4.16. The first-order valence-corrected chi connectivity index (χ1v) is 7.19. The summed E-state index contributed by atoms with van der Waals surface area (Å²) in [6.07, 6.45) is 1.85. The molecule has 6 heteroatoms. The number of hydrogen-bond donors (Lipinski definition) is 1. The molecule has 0 aliphatic carbocycles. The third kappa shape index (κ3) is 3.62. The van der Waals surface area contributed by atoms with Crippen molar-refractivity contribution in [3.8, 4) is 0 Å². The maximum absolute atomic E-state index is 12.2. The lowest BCUT2D eigenvalue weighted by Gasteiger charge is -2.10. The number of carbonyl (C=O) groups is 1. The number of halogens is 2. The lowest BCUT2D eigenvalue weighted by Crippen LogP contribution is -2.18. The first kappa shape index (κ1) is 15.1. The van der Waals surface area contributed by atoms with Crippen LogP contribution in [0, 0.1) is 0 Å². The van der Waals surface area contributed by atoms with E-state index in [4.69, 9.17) is 16.3 Å². The number of rotatable bonds is 5. The summed E-state index contributed by atoms with van der Waals surface area (Å²) >= 11 is 9.25. The Morgan fingerprint density at radius 3 is 2.95 bits per heavy atom. The van der Waals surface area contributed by atoms with E-state index in [1.165, 1.54) is 0 Å². The normalized spacial score (nSPS) is 10.6. The number of benzene rings is 1. The molecule has 1 N–H and O–H groups in total. The van der Waals surface area contributed by atoms with Crippen LogP contribution in [-0.4, -0.2) is 24.2 Å². The fourth-order valence-electron chi connectivity index (χ4n) is 1.77. The van der Waals surface area contributed by atoms with Crippen molar-refractivity contribution >= 4 is 39.1 Å². The van der Waals surface area contributed by atoms with Crippen LogP contribution in [0.3, 0.4) is 0 Å². The molecule has 20 heavy (non-hydrogen) atoms. The third-order valence-electron chi connectivity index (χ3n) is 2.78. The monoisotopic (exact) mass is 356 g/mol. The first-order valence-electron chi connectivity index (χ1n) is 6.02. The molecule has 0 saturated heterocycles. The van der Waals surface area contributed by atoms with Gasteiger partial charge in [0.15, 0.2) is 0 Å². The molecule has 1 amide bonds. The molecule has 0 spiro atoms. The molecule has 0 unspecified atom stereocenters. The summed E-state index contributed by atoms with van der Waals surface area (Å²) in [5.74, 6) is -0.166. The topological polar surface area (TPSA) is 43.3 Å². The van der Waals surface area contributed by atoms with Gasteiger partial charge in [0, 0.05) is 30.0 Å². The zero-order valence-electron chi connectivity index (χ0n) is 10.9. The molecule has 0 aliphatic rings. The number of nitrogens with zero attached hydrogens (tertiary/aromatic N) is 1. The van der Waals surface area contributed by atoms with E-state index < -0.39 is 0 Å². The van der Waals surface area contributed by atoms with Crippen molar-refractivity contribution in [3.05, 3.63) is 51.7 Å². The molecule has 106 valence electrons. The molecule has 2 rings (SSSR count). The maximum atomic E-state index is 12.2. The summed E-state index contributed by atoms with van der Waals surface area (Å²) in [5, 5.41) is 3.44. The quantitative estimate of drug-likeness (QED) is 0.884. The minimum Gasteiger partial charge on any atom is -0.383 e. The molecular weight excluding hydrogens is 344 g/mol. The molecule has 4 nitrogen and oxygen atoms in total. The van der Waals surface area contributed by atoms with Crippen molar-refractivity contribution < 1.29 is 9.53 Å². The second-order valence-corrected chi connectivity index (χ2v) is 5.42. The van der Waals surface area contributed by atoms with Crippen LogP contribution in [0.5, 0.6) is 0 Å². The summed E-state index contributed by atoms with van der Waals surface area (Å²) in [7, 11) is 1.63. The van der Waals surface area contributed by atoms with E-state index >= 15 is 0 Å². The van der Waals surface area contributed by atoms with E-state index in [1.807, 2.05) is 16.8 Å². The first-order chi connectivity index (χ1) is 9.61. The third-order valence-corrected chi connectivity index (χ3v) is 3.99. The highest BCUT2D eigenvalue weighted by molar-refractivity contribution is 9.10. The lowest BCUT2D eigenvalue weighted by molar-refractivity contribution is 0.101. The van der Waals surface area contributed by atoms with Crippen LogP contribution in [0.15, 0.2) is 41.0 Å². The minimum absolute atomic E-state index is 0.166. The Morgan fingerprint density at radius 1 is 1.45 bits per heavy atom. The van der Waals surface area contributed by atoms with E-state index in [2.05, 4.69) is 21.2 Å². The molecule has 0 fully saturated rings. The number of anilines is 1. The van der Waals surface area contributed by atoms with Crippen molar-refractivity contribution in [2.75, 3.05) is 19.0 Å². The predicted molar refractivity (Wildman–Crippen MR) is 83.4 cm³/mol. The van der Waals surface area contributed by atoms with E-state index in [9.17, 15) is 4.79 Å². The molecule has 0 aliphatic heterocycles. The number of nitrogens with one attached hydrogen (secondary N) is 1. The maximum Gasteiger partial charge on any atom is 0.272 e. The Hall–Kier alpha value is -1.30. The SMILES string of the molecule is COCCn1cccc1C(=O)Nc1ccc(Cl)c(Br)c1. The Kier molecular flexibility index (Phi) is 5.23. The van der Waals surface area contributed by atoms with Gasteiger partial charge in [0.2, 0.25) is 0 Å². The van der Waals surface area contributed by atoms with E-state index in [0.29, 0.717) is 29.6 Å². The van der Waals surface area contributed by atoms with Gasteiger partial charge in [0.25, 0.3) is 5.91 Å². The number of carbonyl (C=O) groups excluding carboxylic acids is 1. The van der Waals surface area contributed by atoms with Crippen LogP contribution in [0.25, 0.3) is 0 Å². The molecule has 1 heterocycles. The Morgan fingerprint density at radius 2 is 2.25 bits per heavy atom. The molecular formula is C14H14BrClN2O2. The largest absolute Gasteiger partial charge is 0.383 e. The Labute approximate surface area is 130 Å². The van der Waals surface area contributed by atoms with Crippen LogP contribution < -0.4 is 5.32 Å². The molecule has 1 aromatic heterocycles. The van der Waals surface area contributed by atoms with Crippen molar-refractivity contribution in [3.63, 3.8) is 0 Å². The van der Waals surface area contributed by atoms with Crippen molar-refractivity contribution in [1.82, 2.24) is 4.57 Å². The lowest BCUT2D eigenvalue weighted by atomic mass is 10.3. The molecule has 1 aromatic carbocycles. The van der Waals surface area contributed by atoms with E-state index in [1.54, 1.807) is 31.4 Å². The summed E-state index contributed by atoms with van der Waals surface area (Å²) in [6, 6.07) is 8.86. The molecule has 2 aromatic rings. The Balaban J connectivity index is 2.11. The zero-order valence-corrected chi connectivity index (χ0v) is 13.2. The van der Waals surface area contributed by atoms with Gasteiger partial charge in [-0.25, -0.2) is 0 Å². The van der Waals surface area contributed by atoms with Crippen molar-refractivity contribution in [2.24, 2.45) is 0 Å². The summed E-state index contributed by atoms with van der Waals surface area (Å²) in [6.45, 7) is 1.19. The fraction of sp³-hybridized carbons (Fsp3) is 0.214. The van der Waals surface area contributed by atoms with Gasteiger partial charge in [-0.1, -0.05) is 11.6 Å². The zero-order chi connectivity index (χ0) is 14.5. The molecule has 0 radical (unpaired) electrons. The van der Waals surface area contributed by atoms with Gasteiger partial charge in [-0.3, -0.25) is 4.79 Å². The van der Waals surface area contributed by atoms with Gasteiger partial charge in [0.05, 0.1) is 11.6 Å². The van der Waals surface area contributed by atoms with Crippen LogP contribution >= 0.6 is 27.5 Å². The van der Waals surface area contributed by atoms with Crippen LogP contribution in [0.1, 0.15) is 10.5 Å². The summed E-state index contributed by atoms with van der Waals surface area (Å²) in [4.78, 5) is 12.2. The molecule has 0 saturated carbocycles. The highest BCUT2D eigenvalue weighted by Gasteiger charge is 2.11. The van der Waals surface area contributed by atoms with Crippen molar-refractivity contribution in [1.29, 1.82) is 0 Å². The molecule has 0 bridgehead atoms. The number of aromatic nitrogens is 1. The highest BCUT2D eigenvalue weighted by atomic mass is 79.9. The fourth-order valence-corrected chi connectivity index (χ4v) is 2.27. The van der Waals surface area contributed by atoms with Gasteiger partial charge in [-0.15, -0.1) is 0 Å². The smallest absolute Gasteiger partial charge is 0.272 e. The number of ether oxygens (including phenoxy) is 1. The van der Waals surface area contributed by atoms with Crippen LogP contribution in [0.4, 0.5) is 5.69 Å².